The summed E-state index contributed by atoms with van der Waals surface area (Å²) in [5.41, 5.74) is 6.94. The number of hydrogen-bond acceptors (Lipinski definition) is 3. The fourth-order valence-corrected chi connectivity index (χ4v) is 3.59. The lowest BCUT2D eigenvalue weighted by Crippen LogP contribution is -1.78. The highest BCUT2D eigenvalue weighted by molar-refractivity contribution is 7.15. The maximum absolute atomic E-state index is 4.59. The van der Waals surface area contributed by atoms with Gasteiger partial charge in [-0.3, -0.25) is 9.98 Å². The SMILES string of the molecule is Cc1cc(C)cc(N=Cc2ccc(C=Nc3cc(C)cc(C)c3)s2)c1. The molecule has 0 N–H and O–H groups in total. The molecule has 25 heavy (non-hydrogen) atoms. The number of aryl methyl sites for hydroxylation is 4. The lowest BCUT2D eigenvalue weighted by atomic mass is 10.1. The fraction of sp³-hybridized carbons (Fsp3) is 0.182. The van der Waals surface area contributed by atoms with Gasteiger partial charge in [-0.2, -0.15) is 0 Å². The van der Waals surface area contributed by atoms with Crippen LogP contribution >= 0.6 is 11.3 Å². The number of thiophene rings is 1. The molecule has 1 aromatic heterocycles. The Labute approximate surface area is 153 Å². The van der Waals surface area contributed by atoms with Gasteiger partial charge in [0, 0.05) is 22.2 Å². The highest BCUT2D eigenvalue weighted by atomic mass is 32.1. The Balaban J connectivity index is 1.73. The van der Waals surface area contributed by atoms with E-state index in [1.165, 1.54) is 22.3 Å². The van der Waals surface area contributed by atoms with Crippen molar-refractivity contribution in [1.82, 2.24) is 0 Å². The van der Waals surface area contributed by atoms with E-state index in [0.29, 0.717) is 0 Å². The number of rotatable bonds is 4. The predicted octanol–water partition coefficient (Wildman–Crippen LogP) is 6.48. The van der Waals surface area contributed by atoms with Crippen LogP contribution in [0.15, 0.2) is 58.5 Å². The second-order valence-corrected chi connectivity index (χ2v) is 7.60. The van der Waals surface area contributed by atoms with Crippen molar-refractivity contribution >= 4 is 35.1 Å². The summed E-state index contributed by atoms with van der Waals surface area (Å²) in [6.45, 7) is 8.38. The molecule has 0 radical (unpaired) electrons. The Bertz CT molecular complexity index is 832. The van der Waals surface area contributed by atoms with Crippen molar-refractivity contribution < 1.29 is 0 Å². The van der Waals surface area contributed by atoms with Crippen LogP contribution in [0, 0.1) is 27.7 Å². The quantitative estimate of drug-likeness (QED) is 0.483. The molecule has 0 aliphatic heterocycles. The van der Waals surface area contributed by atoms with Crippen LogP contribution in [0.4, 0.5) is 11.4 Å². The summed E-state index contributed by atoms with van der Waals surface area (Å²) >= 11 is 1.69. The van der Waals surface area contributed by atoms with E-state index in [0.717, 1.165) is 21.1 Å². The van der Waals surface area contributed by atoms with Gasteiger partial charge in [-0.25, -0.2) is 0 Å². The minimum Gasteiger partial charge on any atom is -0.255 e. The molecule has 0 atom stereocenters. The molecule has 3 aromatic rings. The molecule has 1 heterocycles. The van der Waals surface area contributed by atoms with Crippen LogP contribution in [0.25, 0.3) is 0 Å². The molecule has 0 unspecified atom stereocenters. The van der Waals surface area contributed by atoms with Gasteiger partial charge >= 0.3 is 0 Å². The Morgan fingerprint density at radius 2 is 0.960 bits per heavy atom. The first-order valence-electron chi connectivity index (χ1n) is 8.32. The Kier molecular flexibility index (Phi) is 5.25. The fourth-order valence-electron chi connectivity index (χ4n) is 2.83. The van der Waals surface area contributed by atoms with Gasteiger partial charge in [-0.05, 0) is 86.3 Å². The van der Waals surface area contributed by atoms with E-state index in [-0.39, 0.29) is 0 Å². The molecule has 3 rings (SSSR count). The van der Waals surface area contributed by atoms with Crippen LogP contribution in [-0.4, -0.2) is 12.4 Å². The van der Waals surface area contributed by atoms with Crippen molar-refractivity contribution in [1.29, 1.82) is 0 Å². The van der Waals surface area contributed by atoms with Crippen molar-refractivity contribution in [3.63, 3.8) is 0 Å². The maximum atomic E-state index is 4.59. The summed E-state index contributed by atoms with van der Waals surface area (Å²) in [4.78, 5) is 11.4. The summed E-state index contributed by atoms with van der Waals surface area (Å²) in [5, 5.41) is 0. The van der Waals surface area contributed by atoms with Crippen molar-refractivity contribution in [2.75, 3.05) is 0 Å². The third kappa shape index (κ3) is 4.97. The number of aliphatic imine (C=N–C) groups is 2. The third-order valence-corrected chi connectivity index (χ3v) is 4.70. The van der Waals surface area contributed by atoms with E-state index in [2.05, 4.69) is 86.2 Å². The van der Waals surface area contributed by atoms with Crippen LogP contribution in [0.3, 0.4) is 0 Å². The molecule has 0 amide bonds. The first-order valence-corrected chi connectivity index (χ1v) is 9.14. The van der Waals surface area contributed by atoms with E-state index >= 15 is 0 Å². The minimum atomic E-state index is 0.997. The van der Waals surface area contributed by atoms with E-state index in [1.54, 1.807) is 11.3 Å². The maximum Gasteiger partial charge on any atom is 0.0635 e. The first-order chi connectivity index (χ1) is 12.0. The average molecular weight is 346 g/mol. The normalized spacial score (nSPS) is 11.7. The van der Waals surface area contributed by atoms with E-state index in [4.69, 9.17) is 0 Å². The van der Waals surface area contributed by atoms with Crippen LogP contribution in [0.2, 0.25) is 0 Å². The van der Waals surface area contributed by atoms with E-state index < -0.39 is 0 Å². The van der Waals surface area contributed by atoms with Gasteiger partial charge in [0.15, 0.2) is 0 Å². The summed E-state index contributed by atoms with van der Waals surface area (Å²) < 4.78 is 0. The van der Waals surface area contributed by atoms with Crippen molar-refractivity contribution in [3.05, 3.63) is 80.5 Å². The van der Waals surface area contributed by atoms with Crippen molar-refractivity contribution in [2.45, 2.75) is 27.7 Å². The van der Waals surface area contributed by atoms with E-state index in [1.807, 2.05) is 12.4 Å². The smallest absolute Gasteiger partial charge is 0.0635 e. The summed E-state index contributed by atoms with van der Waals surface area (Å²) in [7, 11) is 0. The Hall–Kier alpha value is -2.52. The van der Waals surface area contributed by atoms with Gasteiger partial charge in [0.1, 0.15) is 0 Å². The lowest BCUT2D eigenvalue weighted by molar-refractivity contribution is 1.36. The number of hydrogen-bond donors (Lipinski definition) is 0. The van der Waals surface area contributed by atoms with Gasteiger partial charge in [0.2, 0.25) is 0 Å². The van der Waals surface area contributed by atoms with Crippen LogP contribution < -0.4 is 0 Å². The van der Waals surface area contributed by atoms with Crippen LogP contribution in [0.1, 0.15) is 32.0 Å². The third-order valence-electron chi connectivity index (χ3n) is 3.74. The molecule has 0 fully saturated rings. The molecule has 0 saturated heterocycles. The largest absolute Gasteiger partial charge is 0.255 e. The Morgan fingerprint density at radius 3 is 1.32 bits per heavy atom. The van der Waals surface area contributed by atoms with Gasteiger partial charge in [-0.1, -0.05) is 12.1 Å². The molecule has 2 aromatic carbocycles. The van der Waals surface area contributed by atoms with E-state index in [9.17, 15) is 0 Å². The minimum absolute atomic E-state index is 0.997. The van der Waals surface area contributed by atoms with Gasteiger partial charge in [0.25, 0.3) is 0 Å². The predicted molar refractivity (Wildman–Crippen MR) is 111 cm³/mol. The Morgan fingerprint density at radius 1 is 0.600 bits per heavy atom. The first kappa shape index (κ1) is 17.3. The molecular weight excluding hydrogens is 324 g/mol. The van der Waals surface area contributed by atoms with Gasteiger partial charge in [-0.15, -0.1) is 11.3 Å². The molecular formula is C22H22N2S. The highest BCUT2D eigenvalue weighted by Crippen LogP contribution is 2.20. The molecule has 0 bridgehead atoms. The molecule has 0 aliphatic carbocycles. The summed E-state index contributed by atoms with van der Waals surface area (Å²) in [5.74, 6) is 0. The number of nitrogens with zero attached hydrogens (tertiary/aromatic N) is 2. The van der Waals surface area contributed by atoms with Crippen molar-refractivity contribution in [2.24, 2.45) is 9.98 Å². The second kappa shape index (κ2) is 7.58. The second-order valence-electron chi connectivity index (χ2n) is 6.45. The van der Waals surface area contributed by atoms with Crippen LogP contribution in [-0.2, 0) is 0 Å². The average Bonchev–Trinajstić information content (AvgIpc) is 2.97. The highest BCUT2D eigenvalue weighted by Gasteiger charge is 1.98. The van der Waals surface area contributed by atoms with Crippen LogP contribution in [0.5, 0.6) is 0 Å². The zero-order chi connectivity index (χ0) is 17.8. The zero-order valence-corrected chi connectivity index (χ0v) is 15.9. The summed E-state index contributed by atoms with van der Waals surface area (Å²) in [6, 6.07) is 16.9. The topological polar surface area (TPSA) is 24.7 Å². The van der Waals surface area contributed by atoms with Gasteiger partial charge < -0.3 is 0 Å². The number of benzene rings is 2. The molecule has 3 heteroatoms. The van der Waals surface area contributed by atoms with Gasteiger partial charge in [0.05, 0.1) is 11.4 Å². The lowest BCUT2D eigenvalue weighted by Gasteiger charge is -1.99. The molecule has 126 valence electrons. The standard InChI is InChI=1S/C22H22N2S/c1-15-7-16(2)10-19(9-15)23-13-21-5-6-22(25-21)14-24-20-11-17(3)8-18(4)12-20/h5-14H,1-4H3. The summed E-state index contributed by atoms with van der Waals surface area (Å²) in [6.07, 6.45) is 3.85. The molecule has 2 nitrogen and oxygen atoms in total. The van der Waals surface area contributed by atoms with Crippen molar-refractivity contribution in [3.8, 4) is 0 Å². The molecule has 0 spiro atoms. The zero-order valence-electron chi connectivity index (χ0n) is 15.1. The molecule has 0 aliphatic rings. The monoisotopic (exact) mass is 346 g/mol. The molecule has 0 saturated carbocycles.